The third-order valence-corrected chi connectivity index (χ3v) is 5.69. The van der Waals surface area contributed by atoms with E-state index < -0.39 is 17.5 Å². The zero-order valence-corrected chi connectivity index (χ0v) is 15.7. The number of benzene rings is 1. The van der Waals surface area contributed by atoms with Crippen LogP contribution in [-0.4, -0.2) is 24.4 Å². The minimum atomic E-state index is -0.945. The Balaban J connectivity index is 1.77. The molecule has 0 radical (unpaired) electrons. The summed E-state index contributed by atoms with van der Waals surface area (Å²) in [4.78, 5) is 23.9. The van der Waals surface area contributed by atoms with Gasteiger partial charge in [0.2, 0.25) is 5.91 Å². The molecule has 1 aliphatic rings. The Hall–Kier alpha value is -1.98. The Kier molecular flexibility index (Phi) is 6.73. The van der Waals surface area contributed by atoms with Crippen molar-refractivity contribution >= 4 is 11.8 Å². The predicted molar refractivity (Wildman–Crippen MR) is 96.7 cm³/mol. The number of carbonyl (C=O) groups excluding carboxylic acids is 2. The van der Waals surface area contributed by atoms with E-state index in [0.29, 0.717) is 17.4 Å². The van der Waals surface area contributed by atoms with Gasteiger partial charge in [0, 0.05) is 12.1 Å². The molecule has 1 aromatic rings. The summed E-state index contributed by atoms with van der Waals surface area (Å²) in [6.45, 7) is 6.57. The van der Waals surface area contributed by atoms with Crippen molar-refractivity contribution in [3.63, 3.8) is 0 Å². The summed E-state index contributed by atoms with van der Waals surface area (Å²) >= 11 is 0. The summed E-state index contributed by atoms with van der Waals surface area (Å²) in [7, 11) is 0. The van der Waals surface area contributed by atoms with Gasteiger partial charge in [0.1, 0.15) is 11.6 Å². The molecule has 1 aromatic carbocycles. The summed E-state index contributed by atoms with van der Waals surface area (Å²) in [5.41, 5.74) is 0.0452. The lowest BCUT2D eigenvalue weighted by atomic mass is 9.69. The van der Waals surface area contributed by atoms with E-state index in [1.165, 1.54) is 0 Å². The molecule has 1 saturated carbocycles. The van der Waals surface area contributed by atoms with Gasteiger partial charge in [-0.3, -0.25) is 9.59 Å². The van der Waals surface area contributed by atoms with Crippen molar-refractivity contribution in [2.24, 2.45) is 11.3 Å². The molecule has 0 atom stereocenters. The first-order valence-corrected chi connectivity index (χ1v) is 9.25. The fraction of sp³-hybridized carbons (Fsp3) is 0.600. The van der Waals surface area contributed by atoms with Crippen molar-refractivity contribution in [2.75, 3.05) is 6.54 Å². The first-order valence-electron chi connectivity index (χ1n) is 9.25. The van der Waals surface area contributed by atoms with E-state index >= 15 is 0 Å². The Morgan fingerprint density at radius 1 is 1.15 bits per heavy atom. The molecular formula is C20H28F2N2O2. The van der Waals surface area contributed by atoms with Crippen LogP contribution < -0.4 is 10.6 Å². The molecule has 2 amide bonds. The monoisotopic (exact) mass is 366 g/mol. The first kappa shape index (κ1) is 20.3. The molecule has 6 heteroatoms. The topological polar surface area (TPSA) is 58.2 Å². The molecule has 144 valence electrons. The van der Waals surface area contributed by atoms with Crippen molar-refractivity contribution in [3.8, 4) is 0 Å². The summed E-state index contributed by atoms with van der Waals surface area (Å²) in [5, 5.41) is 5.31. The SMILES string of the molecule is CCC(C)(C)C1CCC(NC(=O)CNC(=O)c2ccc(F)cc2F)CC1. The molecule has 0 unspecified atom stereocenters. The van der Waals surface area contributed by atoms with Crippen LogP contribution in [0.3, 0.4) is 0 Å². The second kappa shape index (κ2) is 8.60. The van der Waals surface area contributed by atoms with Gasteiger partial charge in [0.25, 0.3) is 5.91 Å². The fourth-order valence-electron chi connectivity index (χ4n) is 3.52. The van der Waals surface area contributed by atoms with Crippen LogP contribution in [0.1, 0.15) is 63.2 Å². The fourth-order valence-corrected chi connectivity index (χ4v) is 3.52. The molecule has 0 saturated heterocycles. The number of amides is 2. The maximum atomic E-state index is 13.6. The number of rotatable bonds is 6. The summed E-state index contributed by atoms with van der Waals surface area (Å²) < 4.78 is 26.4. The molecule has 2 N–H and O–H groups in total. The smallest absolute Gasteiger partial charge is 0.254 e. The molecule has 4 nitrogen and oxygen atoms in total. The van der Waals surface area contributed by atoms with Gasteiger partial charge in [-0.2, -0.15) is 0 Å². The lowest BCUT2D eigenvalue weighted by Gasteiger charge is -2.39. The van der Waals surface area contributed by atoms with Crippen LogP contribution in [0, 0.1) is 23.0 Å². The Labute approximate surface area is 153 Å². The number of halogens is 2. The van der Waals surface area contributed by atoms with E-state index in [4.69, 9.17) is 0 Å². The molecule has 0 spiro atoms. The van der Waals surface area contributed by atoms with E-state index in [2.05, 4.69) is 31.4 Å². The number of carbonyl (C=O) groups is 2. The molecule has 2 rings (SSSR count). The summed E-state index contributed by atoms with van der Waals surface area (Å²) in [5.74, 6) is -2.05. The highest BCUT2D eigenvalue weighted by Crippen LogP contribution is 2.40. The van der Waals surface area contributed by atoms with Gasteiger partial charge in [-0.25, -0.2) is 8.78 Å². The van der Waals surface area contributed by atoms with Crippen LogP contribution in [-0.2, 0) is 4.79 Å². The Bertz CT molecular complexity index is 653. The van der Waals surface area contributed by atoms with E-state index in [1.807, 2.05) is 0 Å². The van der Waals surface area contributed by atoms with Gasteiger partial charge in [-0.05, 0) is 49.1 Å². The van der Waals surface area contributed by atoms with Crippen LogP contribution in [0.5, 0.6) is 0 Å². The maximum absolute atomic E-state index is 13.6. The van der Waals surface area contributed by atoms with Crippen LogP contribution in [0.2, 0.25) is 0 Å². The molecule has 1 aliphatic carbocycles. The molecule has 1 fully saturated rings. The minimum Gasteiger partial charge on any atom is -0.352 e. The summed E-state index contributed by atoms with van der Waals surface area (Å²) in [6.07, 6.45) is 5.17. The average molecular weight is 366 g/mol. The summed E-state index contributed by atoms with van der Waals surface area (Å²) in [6, 6.07) is 2.83. The van der Waals surface area contributed by atoms with Crippen molar-refractivity contribution in [3.05, 3.63) is 35.4 Å². The molecule has 0 aromatic heterocycles. The first-order chi connectivity index (χ1) is 12.2. The second-order valence-corrected chi connectivity index (χ2v) is 7.77. The number of hydrogen-bond donors (Lipinski definition) is 2. The van der Waals surface area contributed by atoms with E-state index in [-0.39, 0.29) is 24.1 Å². The van der Waals surface area contributed by atoms with Gasteiger partial charge < -0.3 is 10.6 Å². The Morgan fingerprint density at radius 2 is 1.81 bits per heavy atom. The zero-order chi connectivity index (χ0) is 19.3. The standard InChI is InChI=1S/C20H28F2N2O2/c1-4-20(2,3)13-5-8-15(9-6-13)24-18(25)12-23-19(26)16-10-7-14(21)11-17(16)22/h7,10-11,13,15H,4-6,8-9,12H2,1-3H3,(H,23,26)(H,24,25). The lowest BCUT2D eigenvalue weighted by Crippen LogP contribution is -2.44. The van der Waals surface area contributed by atoms with Gasteiger partial charge in [0.05, 0.1) is 12.1 Å². The second-order valence-electron chi connectivity index (χ2n) is 7.77. The van der Waals surface area contributed by atoms with E-state index in [0.717, 1.165) is 44.2 Å². The number of nitrogens with one attached hydrogen (secondary N) is 2. The van der Waals surface area contributed by atoms with Gasteiger partial charge in [-0.15, -0.1) is 0 Å². The molecule has 26 heavy (non-hydrogen) atoms. The molecule has 0 aliphatic heterocycles. The highest BCUT2D eigenvalue weighted by Gasteiger charge is 2.32. The largest absolute Gasteiger partial charge is 0.352 e. The quantitative estimate of drug-likeness (QED) is 0.804. The van der Waals surface area contributed by atoms with Gasteiger partial charge in [0.15, 0.2) is 0 Å². The van der Waals surface area contributed by atoms with Crippen LogP contribution >= 0.6 is 0 Å². The highest BCUT2D eigenvalue weighted by molar-refractivity contribution is 5.96. The van der Waals surface area contributed by atoms with Gasteiger partial charge in [-0.1, -0.05) is 27.2 Å². The number of hydrogen-bond acceptors (Lipinski definition) is 2. The Morgan fingerprint density at radius 3 is 2.38 bits per heavy atom. The zero-order valence-electron chi connectivity index (χ0n) is 15.7. The third kappa shape index (κ3) is 5.26. The average Bonchev–Trinajstić information content (AvgIpc) is 2.60. The molecule has 0 bridgehead atoms. The van der Waals surface area contributed by atoms with Crippen LogP contribution in [0.25, 0.3) is 0 Å². The van der Waals surface area contributed by atoms with Crippen LogP contribution in [0.4, 0.5) is 8.78 Å². The van der Waals surface area contributed by atoms with E-state index in [1.54, 1.807) is 0 Å². The van der Waals surface area contributed by atoms with Gasteiger partial charge >= 0.3 is 0 Å². The van der Waals surface area contributed by atoms with Crippen LogP contribution in [0.15, 0.2) is 18.2 Å². The normalized spacial score (nSPS) is 20.5. The van der Waals surface area contributed by atoms with Crippen molar-refractivity contribution in [1.82, 2.24) is 10.6 Å². The molecular weight excluding hydrogens is 338 g/mol. The maximum Gasteiger partial charge on any atom is 0.254 e. The van der Waals surface area contributed by atoms with E-state index in [9.17, 15) is 18.4 Å². The van der Waals surface area contributed by atoms with Crippen molar-refractivity contribution in [1.29, 1.82) is 0 Å². The van der Waals surface area contributed by atoms with Crippen molar-refractivity contribution < 1.29 is 18.4 Å². The van der Waals surface area contributed by atoms with Crippen molar-refractivity contribution in [2.45, 2.75) is 58.9 Å². The predicted octanol–water partition coefficient (Wildman–Crippen LogP) is 3.81. The lowest BCUT2D eigenvalue weighted by molar-refractivity contribution is -0.121. The minimum absolute atomic E-state index is 0.117. The molecule has 0 heterocycles. The third-order valence-electron chi connectivity index (χ3n) is 5.69. The highest BCUT2D eigenvalue weighted by atomic mass is 19.1.